The van der Waals surface area contributed by atoms with E-state index in [9.17, 15) is 0 Å². The van der Waals surface area contributed by atoms with E-state index in [2.05, 4.69) is 88.4 Å². The molecule has 4 rings (SSSR count). The summed E-state index contributed by atoms with van der Waals surface area (Å²) in [5.74, 6) is 1.23. The molecular formula is C26H28. The highest BCUT2D eigenvalue weighted by Crippen LogP contribution is 2.39. The van der Waals surface area contributed by atoms with E-state index in [4.69, 9.17) is 0 Å². The van der Waals surface area contributed by atoms with Crippen molar-refractivity contribution in [1.82, 2.24) is 0 Å². The van der Waals surface area contributed by atoms with E-state index in [0.717, 1.165) is 12.8 Å². The molecule has 2 aliphatic carbocycles. The van der Waals surface area contributed by atoms with Crippen LogP contribution in [-0.4, -0.2) is 0 Å². The standard InChI is InChI=1S/C26H28/c1-5-19-6-11-25(18(4)14-19)22-8-7-20(15-22)21-9-13-26-23(16-21)10-12-24(26)17(2)3/h6,8-17,24H,5,7H2,1-4H3. The first kappa shape index (κ1) is 17.1. The van der Waals surface area contributed by atoms with Crippen molar-refractivity contribution < 1.29 is 0 Å². The molecule has 0 heteroatoms. The first-order valence-corrected chi connectivity index (χ1v) is 9.90. The van der Waals surface area contributed by atoms with E-state index >= 15 is 0 Å². The van der Waals surface area contributed by atoms with Gasteiger partial charge in [0.2, 0.25) is 0 Å². The van der Waals surface area contributed by atoms with Gasteiger partial charge in [0, 0.05) is 5.92 Å². The fourth-order valence-corrected chi connectivity index (χ4v) is 4.30. The van der Waals surface area contributed by atoms with Gasteiger partial charge in [0.1, 0.15) is 0 Å². The van der Waals surface area contributed by atoms with Crippen LogP contribution < -0.4 is 0 Å². The third-order valence-corrected chi connectivity index (χ3v) is 5.90. The lowest BCUT2D eigenvalue weighted by atomic mass is 9.89. The van der Waals surface area contributed by atoms with Crippen molar-refractivity contribution >= 4 is 17.2 Å². The Kier molecular flexibility index (Phi) is 4.44. The maximum Gasteiger partial charge on any atom is 0.00502 e. The molecule has 0 aliphatic heterocycles. The summed E-state index contributed by atoms with van der Waals surface area (Å²) in [7, 11) is 0. The Morgan fingerprint density at radius 1 is 1.08 bits per heavy atom. The van der Waals surface area contributed by atoms with Gasteiger partial charge in [0.05, 0.1) is 0 Å². The lowest BCUT2D eigenvalue weighted by Crippen LogP contribution is -2.01. The Bertz CT molecular complexity index is 935. The Morgan fingerprint density at radius 3 is 2.65 bits per heavy atom. The Morgan fingerprint density at radius 2 is 1.92 bits per heavy atom. The smallest absolute Gasteiger partial charge is 0.00502 e. The van der Waals surface area contributed by atoms with E-state index in [1.807, 2.05) is 0 Å². The molecule has 0 spiro atoms. The third-order valence-electron chi connectivity index (χ3n) is 5.90. The molecule has 0 saturated carbocycles. The Balaban J connectivity index is 1.62. The van der Waals surface area contributed by atoms with Crippen molar-refractivity contribution in [3.05, 3.63) is 88.0 Å². The minimum absolute atomic E-state index is 0.574. The fraction of sp³-hybridized carbons (Fsp3) is 0.308. The van der Waals surface area contributed by atoms with E-state index < -0.39 is 0 Å². The number of hydrogen-bond donors (Lipinski definition) is 0. The molecule has 1 atom stereocenters. The van der Waals surface area contributed by atoms with Crippen LogP contribution in [0, 0.1) is 12.8 Å². The molecule has 26 heavy (non-hydrogen) atoms. The molecule has 0 fully saturated rings. The monoisotopic (exact) mass is 340 g/mol. The minimum Gasteiger partial charge on any atom is -0.0761 e. The predicted octanol–water partition coefficient (Wildman–Crippen LogP) is 7.19. The van der Waals surface area contributed by atoms with Gasteiger partial charge in [-0.25, -0.2) is 0 Å². The van der Waals surface area contributed by atoms with Crippen LogP contribution in [0.15, 0.2) is 54.6 Å². The number of hydrogen-bond acceptors (Lipinski definition) is 0. The molecule has 2 aromatic rings. The fourth-order valence-electron chi connectivity index (χ4n) is 4.30. The largest absolute Gasteiger partial charge is 0.0761 e. The normalized spacial score (nSPS) is 18.3. The SMILES string of the molecule is CCc1ccc(C2=CCC(c3ccc4c(c3)C=CC4C(C)C)=C2)c(C)c1. The summed E-state index contributed by atoms with van der Waals surface area (Å²) in [6.07, 6.45) is 11.6. The van der Waals surface area contributed by atoms with E-state index in [1.165, 1.54) is 44.5 Å². The third kappa shape index (κ3) is 2.98. The van der Waals surface area contributed by atoms with Gasteiger partial charge < -0.3 is 0 Å². The predicted molar refractivity (Wildman–Crippen MR) is 114 cm³/mol. The zero-order chi connectivity index (χ0) is 18.3. The quantitative estimate of drug-likeness (QED) is 0.552. The molecule has 0 aromatic heterocycles. The van der Waals surface area contributed by atoms with Gasteiger partial charge in [-0.15, -0.1) is 0 Å². The van der Waals surface area contributed by atoms with Crippen LogP contribution >= 0.6 is 0 Å². The van der Waals surface area contributed by atoms with E-state index in [0.29, 0.717) is 11.8 Å². The van der Waals surface area contributed by atoms with Gasteiger partial charge in [-0.2, -0.15) is 0 Å². The Hall–Kier alpha value is -2.34. The van der Waals surface area contributed by atoms with Crippen molar-refractivity contribution in [2.24, 2.45) is 5.92 Å². The zero-order valence-electron chi connectivity index (χ0n) is 16.3. The van der Waals surface area contributed by atoms with Crippen LogP contribution in [0.1, 0.15) is 66.5 Å². The lowest BCUT2D eigenvalue weighted by Gasteiger charge is -2.15. The van der Waals surface area contributed by atoms with Crippen molar-refractivity contribution in [1.29, 1.82) is 0 Å². The number of allylic oxidation sites excluding steroid dienone is 5. The molecule has 0 nitrogen and oxygen atoms in total. The summed E-state index contributed by atoms with van der Waals surface area (Å²) < 4.78 is 0. The first-order valence-electron chi connectivity index (χ1n) is 9.90. The lowest BCUT2D eigenvalue weighted by molar-refractivity contribution is 0.584. The van der Waals surface area contributed by atoms with Gasteiger partial charge >= 0.3 is 0 Å². The zero-order valence-corrected chi connectivity index (χ0v) is 16.3. The molecular weight excluding hydrogens is 312 g/mol. The summed E-state index contributed by atoms with van der Waals surface area (Å²) in [6.45, 7) is 9.06. The van der Waals surface area contributed by atoms with Gasteiger partial charge in [-0.05, 0) is 76.3 Å². The molecule has 132 valence electrons. The van der Waals surface area contributed by atoms with Crippen LogP contribution in [0.5, 0.6) is 0 Å². The van der Waals surface area contributed by atoms with Crippen LogP contribution in [0.25, 0.3) is 17.2 Å². The topological polar surface area (TPSA) is 0 Å². The van der Waals surface area contributed by atoms with Crippen LogP contribution in [0.2, 0.25) is 0 Å². The van der Waals surface area contributed by atoms with Gasteiger partial charge in [0.15, 0.2) is 0 Å². The molecule has 0 N–H and O–H groups in total. The van der Waals surface area contributed by atoms with E-state index in [1.54, 1.807) is 0 Å². The Labute approximate surface area is 158 Å². The van der Waals surface area contributed by atoms with Gasteiger partial charge in [-0.3, -0.25) is 0 Å². The minimum atomic E-state index is 0.574. The second-order valence-corrected chi connectivity index (χ2v) is 8.01. The molecule has 1 unspecified atom stereocenters. The van der Waals surface area contributed by atoms with Crippen LogP contribution in [-0.2, 0) is 6.42 Å². The average Bonchev–Trinajstić information content (AvgIpc) is 3.28. The van der Waals surface area contributed by atoms with Crippen molar-refractivity contribution in [2.45, 2.75) is 46.5 Å². The summed E-state index contributed by atoms with van der Waals surface area (Å²) >= 11 is 0. The van der Waals surface area contributed by atoms with E-state index in [-0.39, 0.29) is 0 Å². The summed E-state index contributed by atoms with van der Waals surface area (Å²) in [4.78, 5) is 0. The number of benzene rings is 2. The maximum atomic E-state index is 2.38. The summed E-state index contributed by atoms with van der Waals surface area (Å²) in [5, 5.41) is 0. The average molecular weight is 341 g/mol. The molecule has 0 heterocycles. The summed E-state index contributed by atoms with van der Waals surface area (Å²) in [5.41, 5.74) is 11.2. The maximum absolute atomic E-state index is 2.38. The molecule has 2 aromatic carbocycles. The van der Waals surface area contributed by atoms with Crippen LogP contribution in [0.3, 0.4) is 0 Å². The molecule has 0 amide bonds. The number of aryl methyl sites for hydroxylation is 2. The number of rotatable bonds is 4. The molecule has 0 bridgehead atoms. The highest BCUT2D eigenvalue weighted by Gasteiger charge is 2.21. The number of fused-ring (bicyclic) bond motifs is 1. The van der Waals surface area contributed by atoms with Crippen molar-refractivity contribution in [3.63, 3.8) is 0 Å². The highest BCUT2D eigenvalue weighted by atomic mass is 14.3. The van der Waals surface area contributed by atoms with Gasteiger partial charge in [-0.1, -0.05) is 75.4 Å². The summed E-state index contributed by atoms with van der Waals surface area (Å²) in [6, 6.07) is 13.9. The molecule has 0 radical (unpaired) electrons. The second-order valence-electron chi connectivity index (χ2n) is 8.01. The molecule has 0 saturated heterocycles. The van der Waals surface area contributed by atoms with Crippen LogP contribution in [0.4, 0.5) is 0 Å². The molecule has 2 aliphatic rings. The van der Waals surface area contributed by atoms with Gasteiger partial charge in [0.25, 0.3) is 0 Å². The first-order chi connectivity index (χ1) is 12.6. The van der Waals surface area contributed by atoms with Crippen molar-refractivity contribution in [3.8, 4) is 0 Å². The highest BCUT2D eigenvalue weighted by molar-refractivity contribution is 5.90. The second kappa shape index (κ2) is 6.76. The van der Waals surface area contributed by atoms with Crippen molar-refractivity contribution in [2.75, 3.05) is 0 Å².